The number of furan rings is 1. The monoisotopic (exact) mass is 381 g/mol. The van der Waals surface area contributed by atoms with Crippen LogP contribution < -0.4 is 10.6 Å². The molecule has 5 heteroatoms. The van der Waals surface area contributed by atoms with Crippen LogP contribution in [-0.2, 0) is 24.0 Å². The van der Waals surface area contributed by atoms with Gasteiger partial charge in [0.05, 0.1) is 12.4 Å². The zero-order valence-corrected chi connectivity index (χ0v) is 16.7. The van der Waals surface area contributed by atoms with Gasteiger partial charge in [0.2, 0.25) is 0 Å². The molecule has 5 nitrogen and oxygen atoms in total. The van der Waals surface area contributed by atoms with Gasteiger partial charge in [0, 0.05) is 31.7 Å². The van der Waals surface area contributed by atoms with Crippen molar-refractivity contribution in [3.05, 3.63) is 59.5 Å². The molecule has 0 radical (unpaired) electrons. The van der Waals surface area contributed by atoms with Crippen molar-refractivity contribution < 1.29 is 9.15 Å². The molecule has 1 aromatic heterocycles. The summed E-state index contributed by atoms with van der Waals surface area (Å²) in [4.78, 5) is 4.86. The van der Waals surface area contributed by atoms with Crippen LogP contribution in [0.4, 0.5) is 0 Å². The Morgan fingerprint density at radius 2 is 1.93 bits per heavy atom. The number of ether oxygens (including phenoxy) is 1. The van der Waals surface area contributed by atoms with E-state index < -0.39 is 0 Å². The molecular formula is C23H31N3O2. The zero-order chi connectivity index (χ0) is 19.2. The molecule has 0 spiro atoms. The second kappa shape index (κ2) is 9.28. The quantitative estimate of drug-likeness (QED) is 0.615. The van der Waals surface area contributed by atoms with Crippen molar-refractivity contribution in [1.82, 2.24) is 10.6 Å². The van der Waals surface area contributed by atoms with Crippen molar-refractivity contribution in [3.8, 4) is 0 Å². The van der Waals surface area contributed by atoms with Crippen LogP contribution in [-0.4, -0.2) is 37.3 Å². The maximum Gasteiger partial charge on any atom is 0.191 e. The largest absolute Gasteiger partial charge is 0.469 e. The highest BCUT2D eigenvalue weighted by Gasteiger charge is 2.23. The van der Waals surface area contributed by atoms with E-state index in [-0.39, 0.29) is 0 Å². The molecular weight excluding hydrogens is 350 g/mol. The van der Waals surface area contributed by atoms with E-state index in [2.05, 4.69) is 41.8 Å². The van der Waals surface area contributed by atoms with Gasteiger partial charge in [-0.25, -0.2) is 0 Å². The molecule has 1 aromatic carbocycles. The first-order valence-corrected chi connectivity index (χ1v) is 10.5. The van der Waals surface area contributed by atoms with Crippen LogP contribution in [0.3, 0.4) is 0 Å². The molecule has 2 aromatic rings. The van der Waals surface area contributed by atoms with Gasteiger partial charge in [0.15, 0.2) is 5.96 Å². The maximum atomic E-state index is 5.70. The summed E-state index contributed by atoms with van der Waals surface area (Å²) < 4.78 is 11.1. The fraction of sp³-hybridized carbons (Fsp3) is 0.522. The Morgan fingerprint density at radius 3 is 2.75 bits per heavy atom. The lowest BCUT2D eigenvalue weighted by molar-refractivity contribution is 0.0165. The standard InChI is InChI=1S/C23H31N3O2/c1-17-15-21(11-14-27-17)26-23(24-12-10-22-7-4-13-28-22)25-20-9-8-18-5-2-3-6-19(18)16-20/h2-7,13,17,20-21H,8-12,14-16H2,1H3,(H2,24,25,26). The van der Waals surface area contributed by atoms with E-state index in [0.29, 0.717) is 24.7 Å². The number of benzene rings is 1. The fourth-order valence-corrected chi connectivity index (χ4v) is 4.20. The lowest BCUT2D eigenvalue weighted by Crippen LogP contribution is -2.51. The SMILES string of the molecule is CC1CC(NC(=NCCc2ccco2)NC2CCc3ccccc3C2)CCO1. The van der Waals surface area contributed by atoms with Crippen molar-refractivity contribution in [2.24, 2.45) is 4.99 Å². The summed E-state index contributed by atoms with van der Waals surface area (Å²) in [5, 5.41) is 7.37. The smallest absolute Gasteiger partial charge is 0.191 e. The Hall–Kier alpha value is -2.27. The summed E-state index contributed by atoms with van der Waals surface area (Å²) in [5.41, 5.74) is 2.95. The Bertz CT molecular complexity index is 772. The average Bonchev–Trinajstić information content (AvgIpc) is 3.21. The molecule has 1 saturated heterocycles. The number of nitrogens with one attached hydrogen (secondary N) is 2. The molecule has 0 saturated carbocycles. The molecule has 28 heavy (non-hydrogen) atoms. The molecule has 1 aliphatic carbocycles. The van der Waals surface area contributed by atoms with Crippen LogP contribution in [0.25, 0.3) is 0 Å². The molecule has 150 valence electrons. The summed E-state index contributed by atoms with van der Waals surface area (Å²) in [6.07, 6.45) is 8.21. The zero-order valence-electron chi connectivity index (χ0n) is 16.7. The fourth-order valence-electron chi connectivity index (χ4n) is 4.20. The molecule has 0 amide bonds. The van der Waals surface area contributed by atoms with Crippen molar-refractivity contribution in [3.63, 3.8) is 0 Å². The predicted octanol–water partition coefficient (Wildman–Crippen LogP) is 3.48. The van der Waals surface area contributed by atoms with E-state index in [0.717, 1.165) is 56.9 Å². The van der Waals surface area contributed by atoms with Crippen molar-refractivity contribution >= 4 is 5.96 Å². The van der Waals surface area contributed by atoms with E-state index >= 15 is 0 Å². The second-order valence-corrected chi connectivity index (χ2v) is 7.96. The Kier molecular flexibility index (Phi) is 6.32. The summed E-state index contributed by atoms with van der Waals surface area (Å²) in [5.74, 6) is 1.91. The Labute approximate surface area is 167 Å². The minimum atomic E-state index is 0.303. The molecule has 3 atom stereocenters. The van der Waals surface area contributed by atoms with Gasteiger partial charge in [-0.05, 0) is 62.3 Å². The van der Waals surface area contributed by atoms with Gasteiger partial charge in [0.25, 0.3) is 0 Å². The lowest BCUT2D eigenvalue weighted by atomic mass is 9.88. The molecule has 2 aliphatic rings. The van der Waals surface area contributed by atoms with Gasteiger partial charge >= 0.3 is 0 Å². The van der Waals surface area contributed by atoms with Gasteiger partial charge < -0.3 is 19.8 Å². The molecule has 3 unspecified atom stereocenters. The van der Waals surface area contributed by atoms with Crippen molar-refractivity contribution in [2.45, 2.75) is 63.6 Å². The highest BCUT2D eigenvalue weighted by molar-refractivity contribution is 5.80. The minimum Gasteiger partial charge on any atom is -0.469 e. The number of rotatable bonds is 5. The summed E-state index contributed by atoms with van der Waals surface area (Å²) in [6.45, 7) is 3.67. The van der Waals surface area contributed by atoms with Crippen LogP contribution in [0.5, 0.6) is 0 Å². The number of nitrogens with zero attached hydrogens (tertiary/aromatic N) is 1. The third kappa shape index (κ3) is 5.16. The molecule has 4 rings (SSSR count). The first kappa shape index (κ1) is 19.1. The van der Waals surface area contributed by atoms with Gasteiger partial charge in [-0.15, -0.1) is 0 Å². The summed E-state index contributed by atoms with van der Waals surface area (Å²) >= 11 is 0. The van der Waals surface area contributed by atoms with Gasteiger partial charge in [0.1, 0.15) is 5.76 Å². The average molecular weight is 382 g/mol. The number of hydrogen-bond acceptors (Lipinski definition) is 3. The minimum absolute atomic E-state index is 0.303. The molecule has 1 fully saturated rings. The van der Waals surface area contributed by atoms with Crippen LogP contribution >= 0.6 is 0 Å². The van der Waals surface area contributed by atoms with Crippen LogP contribution in [0, 0.1) is 0 Å². The first-order chi connectivity index (χ1) is 13.8. The van der Waals surface area contributed by atoms with Crippen LogP contribution in [0.1, 0.15) is 43.1 Å². The highest BCUT2D eigenvalue weighted by Crippen LogP contribution is 2.21. The number of aryl methyl sites for hydroxylation is 1. The lowest BCUT2D eigenvalue weighted by Gasteiger charge is -2.32. The number of guanidine groups is 1. The molecule has 1 aliphatic heterocycles. The van der Waals surface area contributed by atoms with Crippen LogP contribution in [0.15, 0.2) is 52.1 Å². The highest BCUT2D eigenvalue weighted by atomic mass is 16.5. The molecule has 2 N–H and O–H groups in total. The van der Waals surface area contributed by atoms with Crippen molar-refractivity contribution in [2.75, 3.05) is 13.2 Å². The van der Waals surface area contributed by atoms with Gasteiger partial charge in [-0.2, -0.15) is 0 Å². The molecule has 0 bridgehead atoms. The van der Waals surface area contributed by atoms with Gasteiger partial charge in [-0.1, -0.05) is 24.3 Å². The second-order valence-electron chi connectivity index (χ2n) is 7.96. The Morgan fingerprint density at radius 1 is 1.07 bits per heavy atom. The van der Waals surface area contributed by atoms with Gasteiger partial charge in [-0.3, -0.25) is 4.99 Å². The van der Waals surface area contributed by atoms with E-state index in [4.69, 9.17) is 14.1 Å². The number of hydrogen-bond donors (Lipinski definition) is 2. The van der Waals surface area contributed by atoms with E-state index in [1.54, 1.807) is 6.26 Å². The third-order valence-electron chi connectivity index (χ3n) is 5.72. The normalized spacial score (nSPS) is 25.2. The summed E-state index contributed by atoms with van der Waals surface area (Å²) in [6, 6.07) is 13.6. The van der Waals surface area contributed by atoms with E-state index in [1.165, 1.54) is 11.1 Å². The number of aliphatic imine (C=N–C) groups is 1. The summed E-state index contributed by atoms with van der Waals surface area (Å²) in [7, 11) is 0. The Balaban J connectivity index is 1.40. The third-order valence-corrected chi connectivity index (χ3v) is 5.72. The first-order valence-electron chi connectivity index (χ1n) is 10.5. The number of fused-ring (bicyclic) bond motifs is 1. The van der Waals surface area contributed by atoms with E-state index in [9.17, 15) is 0 Å². The predicted molar refractivity (Wildman–Crippen MR) is 112 cm³/mol. The molecule has 2 heterocycles. The van der Waals surface area contributed by atoms with Crippen molar-refractivity contribution in [1.29, 1.82) is 0 Å². The van der Waals surface area contributed by atoms with Crippen LogP contribution in [0.2, 0.25) is 0 Å². The topological polar surface area (TPSA) is 58.8 Å². The van der Waals surface area contributed by atoms with E-state index in [1.807, 2.05) is 12.1 Å². The maximum absolute atomic E-state index is 5.70.